The van der Waals surface area contributed by atoms with Gasteiger partial charge in [0.1, 0.15) is 5.82 Å². The molecule has 0 radical (unpaired) electrons. The lowest BCUT2D eigenvalue weighted by atomic mass is 10.2. The molecule has 0 saturated heterocycles. The van der Waals surface area contributed by atoms with Crippen molar-refractivity contribution in [2.75, 3.05) is 0 Å². The Labute approximate surface area is 72.8 Å². The summed E-state index contributed by atoms with van der Waals surface area (Å²) in [6, 6.07) is 4.79. The number of alkyl halides is 1. The second-order valence-corrected chi connectivity index (χ2v) is 2.56. The summed E-state index contributed by atoms with van der Waals surface area (Å²) in [5.41, 5.74) is 0.612. The van der Waals surface area contributed by atoms with Crippen LogP contribution in [0.4, 0.5) is 10.1 Å². The number of nitrogens with zero attached hydrogens (tertiary/aromatic N) is 1. The van der Waals surface area contributed by atoms with E-state index >= 15 is 0 Å². The van der Waals surface area contributed by atoms with Gasteiger partial charge in [-0.1, -0.05) is 34.1 Å². The molecule has 0 aliphatic heterocycles. The zero-order valence-electron chi connectivity index (χ0n) is 5.64. The first-order valence-corrected chi connectivity index (χ1v) is 4.12. The summed E-state index contributed by atoms with van der Waals surface area (Å²) >= 11 is 3.13. The molecule has 1 aromatic rings. The van der Waals surface area contributed by atoms with Crippen LogP contribution in [0.1, 0.15) is 5.56 Å². The molecule has 0 aliphatic carbocycles. The molecule has 11 heavy (non-hydrogen) atoms. The van der Waals surface area contributed by atoms with Crippen molar-refractivity contribution in [3.05, 3.63) is 41.0 Å². The number of rotatable bonds is 1. The molecule has 0 spiro atoms. The van der Waals surface area contributed by atoms with Crippen LogP contribution < -0.4 is 0 Å². The second-order valence-electron chi connectivity index (χ2n) is 2.00. The van der Waals surface area contributed by atoms with Crippen LogP contribution in [-0.4, -0.2) is 0 Å². The third-order valence-electron chi connectivity index (χ3n) is 1.32. The maximum absolute atomic E-state index is 13.0. The summed E-state index contributed by atoms with van der Waals surface area (Å²) in [6.07, 6.45) is 0. The SMILES string of the molecule is [C-]#[N+]c1cccc(CBr)c1F. The molecule has 0 N–H and O–H groups in total. The smallest absolute Gasteiger partial charge is 0.222 e. The van der Waals surface area contributed by atoms with Gasteiger partial charge >= 0.3 is 0 Å². The average molecular weight is 214 g/mol. The Bertz CT molecular complexity index is 303. The van der Waals surface area contributed by atoms with Crippen molar-refractivity contribution in [2.45, 2.75) is 5.33 Å². The van der Waals surface area contributed by atoms with Crippen molar-refractivity contribution < 1.29 is 4.39 Å². The fraction of sp³-hybridized carbons (Fsp3) is 0.125. The lowest BCUT2D eigenvalue weighted by Crippen LogP contribution is -1.83. The normalized spacial score (nSPS) is 9.18. The van der Waals surface area contributed by atoms with E-state index in [0.29, 0.717) is 10.9 Å². The fourth-order valence-electron chi connectivity index (χ4n) is 0.756. The van der Waals surface area contributed by atoms with Crippen molar-refractivity contribution in [3.8, 4) is 0 Å². The van der Waals surface area contributed by atoms with Crippen LogP contribution in [-0.2, 0) is 5.33 Å². The molecule has 3 heteroatoms. The van der Waals surface area contributed by atoms with Crippen molar-refractivity contribution in [3.63, 3.8) is 0 Å². The van der Waals surface area contributed by atoms with Gasteiger partial charge in [0.15, 0.2) is 0 Å². The van der Waals surface area contributed by atoms with Gasteiger partial charge in [0.2, 0.25) is 5.69 Å². The van der Waals surface area contributed by atoms with Gasteiger partial charge < -0.3 is 0 Å². The standard InChI is InChI=1S/C8H5BrFN/c1-11-7-4-2-3-6(5-9)8(7)10/h2-4H,5H2. The van der Waals surface area contributed by atoms with Gasteiger partial charge in [-0.15, -0.1) is 0 Å². The maximum atomic E-state index is 13.0. The molecule has 0 unspecified atom stereocenters. The van der Waals surface area contributed by atoms with Gasteiger partial charge in [-0.05, 0) is 5.56 Å². The molecule has 1 aromatic carbocycles. The predicted molar refractivity (Wildman–Crippen MR) is 45.3 cm³/mol. The first kappa shape index (κ1) is 8.22. The van der Waals surface area contributed by atoms with Crippen LogP contribution in [0, 0.1) is 12.4 Å². The molecule has 56 valence electrons. The van der Waals surface area contributed by atoms with Gasteiger partial charge in [0.25, 0.3) is 0 Å². The Kier molecular flexibility index (Phi) is 2.61. The van der Waals surface area contributed by atoms with E-state index in [1.807, 2.05) is 0 Å². The summed E-state index contributed by atoms with van der Waals surface area (Å²) in [7, 11) is 0. The summed E-state index contributed by atoms with van der Waals surface area (Å²) in [4.78, 5) is 3.03. The molecule has 0 saturated carbocycles. The van der Waals surface area contributed by atoms with Crippen molar-refractivity contribution in [1.82, 2.24) is 0 Å². The van der Waals surface area contributed by atoms with Crippen molar-refractivity contribution in [2.24, 2.45) is 0 Å². The van der Waals surface area contributed by atoms with Gasteiger partial charge in [-0.25, -0.2) is 9.24 Å². The van der Waals surface area contributed by atoms with Gasteiger partial charge in [0, 0.05) is 5.33 Å². The Balaban J connectivity index is 3.23. The van der Waals surface area contributed by atoms with E-state index in [0.717, 1.165) is 0 Å². The Morgan fingerprint density at radius 3 is 2.82 bits per heavy atom. The number of halogens is 2. The zero-order valence-corrected chi connectivity index (χ0v) is 7.23. The molecular weight excluding hydrogens is 209 g/mol. The first-order valence-electron chi connectivity index (χ1n) is 3.00. The van der Waals surface area contributed by atoms with Crippen LogP contribution in [0.2, 0.25) is 0 Å². The Hall–Kier alpha value is -0.880. The highest BCUT2D eigenvalue weighted by molar-refractivity contribution is 9.08. The molecule has 0 heterocycles. The van der Waals surface area contributed by atoms with E-state index in [2.05, 4.69) is 20.8 Å². The topological polar surface area (TPSA) is 4.36 Å². The minimum Gasteiger partial charge on any atom is -0.235 e. The quantitative estimate of drug-likeness (QED) is 0.499. The van der Waals surface area contributed by atoms with Crippen LogP contribution >= 0.6 is 15.9 Å². The lowest BCUT2D eigenvalue weighted by Gasteiger charge is -1.98. The highest BCUT2D eigenvalue weighted by Crippen LogP contribution is 2.21. The monoisotopic (exact) mass is 213 g/mol. The third-order valence-corrected chi connectivity index (χ3v) is 1.93. The van der Waals surface area contributed by atoms with Crippen LogP contribution in [0.5, 0.6) is 0 Å². The second kappa shape index (κ2) is 3.49. The van der Waals surface area contributed by atoms with E-state index in [-0.39, 0.29) is 5.69 Å². The molecule has 0 bridgehead atoms. The molecule has 0 aromatic heterocycles. The molecule has 0 atom stereocenters. The van der Waals surface area contributed by atoms with Crippen LogP contribution in [0.3, 0.4) is 0 Å². The fourth-order valence-corrected chi connectivity index (χ4v) is 1.19. The highest BCUT2D eigenvalue weighted by atomic mass is 79.9. The van der Waals surface area contributed by atoms with Gasteiger partial charge in [-0.3, -0.25) is 0 Å². The lowest BCUT2D eigenvalue weighted by molar-refractivity contribution is 0.623. The minimum absolute atomic E-state index is 0.0851. The summed E-state index contributed by atoms with van der Waals surface area (Å²) < 4.78 is 13.0. The Morgan fingerprint density at radius 2 is 2.27 bits per heavy atom. The number of hydrogen-bond acceptors (Lipinski definition) is 0. The number of benzene rings is 1. The van der Waals surface area contributed by atoms with Gasteiger partial charge in [0.05, 0.1) is 6.57 Å². The van der Waals surface area contributed by atoms with Crippen molar-refractivity contribution in [1.29, 1.82) is 0 Å². The number of hydrogen-bond donors (Lipinski definition) is 0. The van der Waals surface area contributed by atoms with Crippen LogP contribution in [0.15, 0.2) is 18.2 Å². The van der Waals surface area contributed by atoms with E-state index in [9.17, 15) is 4.39 Å². The molecule has 0 fully saturated rings. The average Bonchev–Trinajstić information content (AvgIpc) is 2.05. The van der Waals surface area contributed by atoms with E-state index in [4.69, 9.17) is 6.57 Å². The van der Waals surface area contributed by atoms with Gasteiger partial charge in [-0.2, -0.15) is 0 Å². The minimum atomic E-state index is -0.417. The van der Waals surface area contributed by atoms with E-state index in [1.54, 1.807) is 12.1 Å². The van der Waals surface area contributed by atoms with E-state index < -0.39 is 5.82 Å². The molecule has 0 amide bonds. The highest BCUT2D eigenvalue weighted by Gasteiger charge is 2.04. The molecule has 1 rings (SSSR count). The molecule has 0 aliphatic rings. The largest absolute Gasteiger partial charge is 0.235 e. The molecular formula is C8H5BrFN. The summed E-state index contributed by atoms with van der Waals surface area (Å²) in [5.74, 6) is -0.417. The van der Waals surface area contributed by atoms with Crippen molar-refractivity contribution >= 4 is 21.6 Å². The maximum Gasteiger partial charge on any atom is 0.222 e. The predicted octanol–water partition coefficient (Wildman–Crippen LogP) is 3.27. The summed E-state index contributed by atoms with van der Waals surface area (Å²) in [5, 5.41) is 0.447. The Morgan fingerprint density at radius 1 is 1.55 bits per heavy atom. The van der Waals surface area contributed by atoms with Crippen LogP contribution in [0.25, 0.3) is 4.85 Å². The first-order chi connectivity index (χ1) is 5.29. The molecule has 1 nitrogen and oxygen atoms in total. The third kappa shape index (κ3) is 1.58. The summed E-state index contributed by atoms with van der Waals surface area (Å²) in [6.45, 7) is 6.63. The zero-order chi connectivity index (χ0) is 8.27. The van der Waals surface area contributed by atoms with E-state index in [1.165, 1.54) is 6.07 Å².